The monoisotopic (exact) mass is 285 g/mol. The van der Waals surface area contributed by atoms with Crippen molar-refractivity contribution < 1.29 is 9.59 Å². The highest BCUT2D eigenvalue weighted by Crippen LogP contribution is 2.37. The van der Waals surface area contributed by atoms with Crippen molar-refractivity contribution in [2.75, 3.05) is 5.32 Å². The van der Waals surface area contributed by atoms with Crippen LogP contribution in [-0.2, 0) is 9.59 Å². The van der Waals surface area contributed by atoms with Crippen molar-refractivity contribution in [3.05, 3.63) is 24.7 Å². The molecule has 0 spiro atoms. The molecule has 0 radical (unpaired) electrons. The van der Waals surface area contributed by atoms with E-state index in [-0.39, 0.29) is 12.1 Å². The molecule has 2 aromatic rings. The molecule has 0 saturated heterocycles. The van der Waals surface area contributed by atoms with Crippen LogP contribution in [0.5, 0.6) is 0 Å². The lowest BCUT2D eigenvalue weighted by atomic mass is 10.3. The molecule has 21 heavy (non-hydrogen) atoms. The Kier molecular flexibility index (Phi) is 2.66. The van der Waals surface area contributed by atoms with Crippen molar-refractivity contribution in [1.29, 1.82) is 0 Å². The molecule has 2 aromatic heterocycles. The molecule has 4 rings (SSSR count). The summed E-state index contributed by atoms with van der Waals surface area (Å²) in [4.78, 5) is 30.4. The molecule has 7 heteroatoms. The zero-order valence-electron chi connectivity index (χ0n) is 11.4. The summed E-state index contributed by atoms with van der Waals surface area (Å²) in [6.07, 6.45) is 8.89. The summed E-state index contributed by atoms with van der Waals surface area (Å²) in [6, 6.07) is 2.27. The Balaban J connectivity index is 1.53. The van der Waals surface area contributed by atoms with Gasteiger partial charge in [-0.2, -0.15) is 5.10 Å². The Labute approximate surface area is 120 Å². The van der Waals surface area contributed by atoms with E-state index in [4.69, 9.17) is 0 Å². The lowest BCUT2D eigenvalue weighted by molar-refractivity contribution is -0.144. The molecule has 2 fully saturated rings. The van der Waals surface area contributed by atoms with Crippen LogP contribution in [0.25, 0.3) is 5.65 Å². The van der Waals surface area contributed by atoms with E-state index in [1.807, 2.05) is 0 Å². The van der Waals surface area contributed by atoms with Gasteiger partial charge in [0.25, 0.3) is 0 Å². The van der Waals surface area contributed by atoms with Gasteiger partial charge in [0, 0.05) is 24.5 Å². The standard InChI is InChI=1S/C14H15N5O2/c20-13(14(21)19(9-2-3-9)10-4-5-10)17-11-8-16-18-7-1-6-15-12(11)18/h1,6-10H,2-5H2,(H,17,20). The number of amides is 2. The minimum atomic E-state index is -0.602. The van der Waals surface area contributed by atoms with Gasteiger partial charge in [-0.3, -0.25) is 9.59 Å². The molecule has 2 saturated carbocycles. The van der Waals surface area contributed by atoms with Gasteiger partial charge in [0.05, 0.1) is 6.20 Å². The highest BCUT2D eigenvalue weighted by Gasteiger charge is 2.44. The average Bonchev–Trinajstić information content (AvgIpc) is 3.41. The molecule has 0 aliphatic heterocycles. The number of hydrogen-bond acceptors (Lipinski definition) is 4. The molecule has 1 N–H and O–H groups in total. The fourth-order valence-electron chi connectivity index (χ4n) is 2.54. The number of rotatable bonds is 3. The topological polar surface area (TPSA) is 79.6 Å². The Bertz CT molecular complexity index is 705. The molecule has 2 amide bonds. The second-order valence-corrected chi connectivity index (χ2v) is 5.58. The first-order valence-electron chi connectivity index (χ1n) is 7.16. The summed E-state index contributed by atoms with van der Waals surface area (Å²) in [7, 11) is 0. The molecule has 2 heterocycles. The molecule has 7 nitrogen and oxygen atoms in total. The normalized spacial score (nSPS) is 17.7. The van der Waals surface area contributed by atoms with Crippen molar-refractivity contribution >= 4 is 23.1 Å². The summed E-state index contributed by atoms with van der Waals surface area (Å²) in [5.74, 6) is -1.04. The van der Waals surface area contributed by atoms with Gasteiger partial charge in [-0.25, -0.2) is 9.50 Å². The van der Waals surface area contributed by atoms with E-state index in [0.717, 1.165) is 25.7 Å². The van der Waals surface area contributed by atoms with Crippen LogP contribution in [0.4, 0.5) is 5.69 Å². The van der Waals surface area contributed by atoms with E-state index >= 15 is 0 Å². The summed E-state index contributed by atoms with van der Waals surface area (Å²) in [5.41, 5.74) is 0.989. The maximum Gasteiger partial charge on any atom is 0.314 e. The van der Waals surface area contributed by atoms with E-state index in [0.29, 0.717) is 11.3 Å². The SMILES string of the molecule is O=C(Nc1cnn2cccnc12)C(=O)N(C1CC1)C1CC1. The van der Waals surface area contributed by atoms with Crippen LogP contribution in [-0.4, -0.2) is 43.4 Å². The fourth-order valence-corrected chi connectivity index (χ4v) is 2.54. The zero-order chi connectivity index (χ0) is 14.4. The lowest BCUT2D eigenvalue weighted by Crippen LogP contribution is -2.42. The number of nitrogens with zero attached hydrogens (tertiary/aromatic N) is 4. The van der Waals surface area contributed by atoms with Gasteiger partial charge in [0.15, 0.2) is 5.65 Å². The number of carbonyl (C=O) groups excluding carboxylic acids is 2. The smallest absolute Gasteiger partial charge is 0.314 e. The fraction of sp³-hybridized carbons (Fsp3) is 0.429. The van der Waals surface area contributed by atoms with Gasteiger partial charge < -0.3 is 10.2 Å². The predicted molar refractivity (Wildman–Crippen MR) is 74.5 cm³/mol. The maximum atomic E-state index is 12.3. The van der Waals surface area contributed by atoms with E-state index in [1.165, 1.54) is 6.20 Å². The zero-order valence-corrected chi connectivity index (χ0v) is 11.4. The van der Waals surface area contributed by atoms with Gasteiger partial charge in [-0.15, -0.1) is 0 Å². The second kappa shape index (κ2) is 4.54. The molecule has 2 aliphatic carbocycles. The van der Waals surface area contributed by atoms with Crippen molar-refractivity contribution in [1.82, 2.24) is 19.5 Å². The molecule has 2 aliphatic rings. The van der Waals surface area contributed by atoms with Crippen molar-refractivity contribution in [2.45, 2.75) is 37.8 Å². The third-order valence-electron chi connectivity index (χ3n) is 3.84. The molecule has 0 atom stereocenters. The number of carbonyl (C=O) groups is 2. The van der Waals surface area contributed by atoms with Crippen LogP contribution in [0.15, 0.2) is 24.7 Å². The molecular formula is C14H15N5O2. The third-order valence-corrected chi connectivity index (χ3v) is 3.84. The van der Waals surface area contributed by atoms with Crippen LogP contribution in [0.2, 0.25) is 0 Å². The largest absolute Gasteiger partial charge is 0.328 e. The first-order chi connectivity index (χ1) is 10.2. The van der Waals surface area contributed by atoms with Crippen LogP contribution < -0.4 is 5.32 Å². The highest BCUT2D eigenvalue weighted by molar-refractivity contribution is 6.40. The average molecular weight is 285 g/mol. The van der Waals surface area contributed by atoms with E-state index in [1.54, 1.807) is 27.9 Å². The van der Waals surface area contributed by atoms with Crippen LogP contribution in [0.1, 0.15) is 25.7 Å². The lowest BCUT2D eigenvalue weighted by Gasteiger charge is -2.20. The van der Waals surface area contributed by atoms with Gasteiger partial charge in [0.2, 0.25) is 0 Å². The van der Waals surface area contributed by atoms with Crippen molar-refractivity contribution in [2.24, 2.45) is 0 Å². The van der Waals surface area contributed by atoms with Crippen LogP contribution in [0, 0.1) is 0 Å². The minimum Gasteiger partial charge on any atom is -0.328 e. The number of anilines is 1. The van der Waals surface area contributed by atoms with E-state index in [9.17, 15) is 9.59 Å². The van der Waals surface area contributed by atoms with Gasteiger partial charge in [0.1, 0.15) is 5.69 Å². The first-order valence-corrected chi connectivity index (χ1v) is 7.16. The number of aromatic nitrogens is 3. The van der Waals surface area contributed by atoms with E-state index in [2.05, 4.69) is 15.4 Å². The van der Waals surface area contributed by atoms with Crippen molar-refractivity contribution in [3.63, 3.8) is 0 Å². The molecule has 0 unspecified atom stereocenters. The molecule has 108 valence electrons. The second-order valence-electron chi connectivity index (χ2n) is 5.58. The minimum absolute atomic E-state index is 0.262. The van der Waals surface area contributed by atoms with Gasteiger partial charge >= 0.3 is 11.8 Å². The van der Waals surface area contributed by atoms with Gasteiger partial charge in [-0.1, -0.05) is 0 Å². The number of fused-ring (bicyclic) bond motifs is 1. The Morgan fingerprint density at radius 2 is 1.95 bits per heavy atom. The Morgan fingerprint density at radius 1 is 1.24 bits per heavy atom. The Hall–Kier alpha value is -2.44. The summed E-state index contributed by atoms with van der Waals surface area (Å²) < 4.78 is 1.56. The number of nitrogens with one attached hydrogen (secondary N) is 1. The quantitative estimate of drug-likeness (QED) is 0.847. The predicted octanol–water partition coefficient (Wildman–Crippen LogP) is 0.821. The first kappa shape index (κ1) is 12.3. The third kappa shape index (κ3) is 2.24. The highest BCUT2D eigenvalue weighted by atomic mass is 16.2. The summed E-state index contributed by atoms with van der Waals surface area (Å²) in [5, 5.41) is 6.72. The Morgan fingerprint density at radius 3 is 2.62 bits per heavy atom. The van der Waals surface area contributed by atoms with Crippen LogP contribution >= 0.6 is 0 Å². The molecule has 0 bridgehead atoms. The number of hydrogen-bond donors (Lipinski definition) is 1. The van der Waals surface area contributed by atoms with Crippen LogP contribution in [0.3, 0.4) is 0 Å². The van der Waals surface area contributed by atoms with Crippen molar-refractivity contribution in [3.8, 4) is 0 Å². The van der Waals surface area contributed by atoms with E-state index < -0.39 is 11.8 Å². The summed E-state index contributed by atoms with van der Waals surface area (Å²) >= 11 is 0. The summed E-state index contributed by atoms with van der Waals surface area (Å²) in [6.45, 7) is 0. The van der Waals surface area contributed by atoms with Gasteiger partial charge in [-0.05, 0) is 31.7 Å². The maximum absolute atomic E-state index is 12.3. The molecule has 0 aromatic carbocycles. The molecular weight excluding hydrogens is 270 g/mol.